The van der Waals surface area contributed by atoms with E-state index >= 15 is 0 Å². The molecule has 0 amide bonds. The van der Waals surface area contributed by atoms with E-state index in [0.717, 1.165) is 12.8 Å². The van der Waals surface area contributed by atoms with Crippen molar-refractivity contribution in [3.05, 3.63) is 11.5 Å². The van der Waals surface area contributed by atoms with Gasteiger partial charge in [0.1, 0.15) is 5.76 Å². The molecule has 1 aliphatic rings. The lowest BCUT2D eigenvalue weighted by atomic mass is 9.85. The molecule has 3 heteroatoms. The molecular weight excluding hydrogens is 228 g/mol. The van der Waals surface area contributed by atoms with E-state index in [1.54, 1.807) is 0 Å². The molecule has 0 aromatic rings. The maximum absolute atomic E-state index is 12.5. The van der Waals surface area contributed by atoms with Crippen molar-refractivity contribution in [2.45, 2.75) is 72.5 Å². The first kappa shape index (κ1) is 15.1. The molecule has 1 heterocycles. The molecule has 104 valence electrons. The second-order valence-corrected chi connectivity index (χ2v) is 5.29. The van der Waals surface area contributed by atoms with Gasteiger partial charge in [0.15, 0.2) is 5.60 Å². The van der Waals surface area contributed by atoms with E-state index in [4.69, 9.17) is 9.47 Å². The first-order valence-corrected chi connectivity index (χ1v) is 7.04. The third-order valence-corrected chi connectivity index (χ3v) is 4.01. The summed E-state index contributed by atoms with van der Waals surface area (Å²) < 4.78 is 11.7. The third-order valence-electron chi connectivity index (χ3n) is 4.01. The molecule has 1 rings (SSSR count). The number of hydrogen-bond donors (Lipinski definition) is 0. The molecule has 0 bridgehead atoms. The number of ether oxygens (including phenoxy) is 2. The Kier molecular flexibility index (Phi) is 4.83. The smallest absolute Gasteiger partial charge is 0.244 e. The summed E-state index contributed by atoms with van der Waals surface area (Å²) in [6.07, 6.45) is 2.54. The fourth-order valence-corrected chi connectivity index (χ4v) is 2.05. The van der Waals surface area contributed by atoms with Crippen LogP contribution in [0.1, 0.15) is 60.8 Å². The summed E-state index contributed by atoms with van der Waals surface area (Å²) in [5.41, 5.74) is -0.747. The van der Waals surface area contributed by atoms with Crippen molar-refractivity contribution in [1.29, 1.82) is 0 Å². The van der Waals surface area contributed by atoms with Gasteiger partial charge in [0.25, 0.3) is 0 Å². The molecular formula is C15H26O3. The van der Waals surface area contributed by atoms with Gasteiger partial charge in [-0.1, -0.05) is 27.7 Å². The average Bonchev–Trinajstić information content (AvgIpc) is 2.63. The molecule has 0 spiro atoms. The van der Waals surface area contributed by atoms with E-state index in [-0.39, 0.29) is 17.8 Å². The third kappa shape index (κ3) is 2.55. The Balaban J connectivity index is 2.98. The Labute approximate surface area is 111 Å². The predicted molar refractivity (Wildman–Crippen MR) is 72.1 cm³/mol. The van der Waals surface area contributed by atoms with E-state index in [9.17, 15) is 4.79 Å². The largest absolute Gasteiger partial charge is 0.484 e. The highest BCUT2D eigenvalue weighted by molar-refractivity contribution is 6.02. The number of allylic oxidation sites excluding steroid dienone is 1. The van der Waals surface area contributed by atoms with Gasteiger partial charge in [0, 0.05) is 12.3 Å². The van der Waals surface area contributed by atoms with Crippen molar-refractivity contribution in [3.8, 4) is 0 Å². The highest BCUT2D eigenvalue weighted by Crippen LogP contribution is 2.39. The fraction of sp³-hybridized carbons (Fsp3) is 0.800. The number of Topliss-reactive ketones (excluding diaryl/α,β-unsaturated/α-hetero) is 1. The summed E-state index contributed by atoms with van der Waals surface area (Å²) in [7, 11) is 0. The normalized spacial score (nSPS) is 27.1. The van der Waals surface area contributed by atoms with Crippen LogP contribution in [-0.4, -0.2) is 17.5 Å². The van der Waals surface area contributed by atoms with Crippen LogP contribution >= 0.6 is 0 Å². The molecule has 0 aromatic carbocycles. The average molecular weight is 254 g/mol. The summed E-state index contributed by atoms with van der Waals surface area (Å²) in [5.74, 6) is 1.36. The molecule has 3 unspecified atom stereocenters. The van der Waals surface area contributed by atoms with E-state index in [1.807, 2.05) is 27.7 Å². The summed E-state index contributed by atoms with van der Waals surface area (Å²) in [6.45, 7) is 12.0. The Hall–Kier alpha value is -0.990. The van der Waals surface area contributed by atoms with Gasteiger partial charge in [0.05, 0.1) is 6.10 Å². The maximum atomic E-state index is 12.5. The number of carbonyl (C=O) groups excluding carboxylic acids is 1. The lowest BCUT2D eigenvalue weighted by Gasteiger charge is -2.29. The van der Waals surface area contributed by atoms with Crippen LogP contribution in [0.5, 0.6) is 0 Å². The molecule has 3 nitrogen and oxygen atoms in total. The zero-order valence-corrected chi connectivity index (χ0v) is 12.5. The second-order valence-electron chi connectivity index (χ2n) is 5.29. The zero-order chi connectivity index (χ0) is 13.9. The first-order chi connectivity index (χ1) is 8.40. The number of ketones is 1. The minimum absolute atomic E-state index is 0.00833. The van der Waals surface area contributed by atoms with Gasteiger partial charge in [-0.05, 0) is 26.7 Å². The fourth-order valence-electron chi connectivity index (χ4n) is 2.05. The van der Waals surface area contributed by atoms with Gasteiger partial charge in [-0.3, -0.25) is 4.79 Å². The van der Waals surface area contributed by atoms with Crippen molar-refractivity contribution in [2.75, 3.05) is 0 Å². The van der Waals surface area contributed by atoms with Gasteiger partial charge in [-0.2, -0.15) is 0 Å². The quantitative estimate of drug-likeness (QED) is 0.722. The molecule has 1 aliphatic heterocycles. The minimum Gasteiger partial charge on any atom is -0.484 e. The van der Waals surface area contributed by atoms with Crippen LogP contribution in [0.2, 0.25) is 0 Å². The molecule has 0 aliphatic carbocycles. The van der Waals surface area contributed by atoms with Gasteiger partial charge in [-0.25, -0.2) is 0 Å². The second kappa shape index (κ2) is 5.77. The molecule has 0 aromatic heterocycles. The van der Waals surface area contributed by atoms with E-state index in [2.05, 4.69) is 13.8 Å². The molecule has 0 fully saturated rings. The van der Waals surface area contributed by atoms with Gasteiger partial charge in [0.2, 0.25) is 11.5 Å². The van der Waals surface area contributed by atoms with Gasteiger partial charge in [-0.15, -0.1) is 0 Å². The van der Waals surface area contributed by atoms with E-state index < -0.39 is 5.60 Å². The highest BCUT2D eigenvalue weighted by atomic mass is 16.6. The number of carbonyl (C=O) groups is 1. The number of rotatable bonds is 6. The lowest BCUT2D eigenvalue weighted by molar-refractivity contribution is -0.136. The minimum atomic E-state index is -0.747. The summed E-state index contributed by atoms with van der Waals surface area (Å²) in [6, 6.07) is 0. The summed E-state index contributed by atoms with van der Waals surface area (Å²) in [5, 5.41) is 0. The lowest BCUT2D eigenvalue weighted by Crippen LogP contribution is -2.41. The van der Waals surface area contributed by atoms with Crippen molar-refractivity contribution in [2.24, 2.45) is 5.92 Å². The number of hydrogen-bond acceptors (Lipinski definition) is 3. The molecule has 18 heavy (non-hydrogen) atoms. The first-order valence-electron chi connectivity index (χ1n) is 7.04. The van der Waals surface area contributed by atoms with Gasteiger partial charge >= 0.3 is 0 Å². The van der Waals surface area contributed by atoms with Gasteiger partial charge < -0.3 is 9.47 Å². The Morgan fingerprint density at radius 3 is 2.28 bits per heavy atom. The van der Waals surface area contributed by atoms with Crippen molar-refractivity contribution < 1.29 is 14.3 Å². The van der Waals surface area contributed by atoms with Crippen LogP contribution in [0.25, 0.3) is 0 Å². The van der Waals surface area contributed by atoms with Crippen molar-refractivity contribution in [1.82, 2.24) is 0 Å². The standard InChI is InChI=1S/C15H26O3/c1-7-10(4)15(6)14(16)13(12(9-3)18-15)17-11(5)8-2/h10-11H,7-9H2,1-6H3. The van der Waals surface area contributed by atoms with Crippen molar-refractivity contribution >= 4 is 5.78 Å². The SMILES string of the molecule is CCC1=C(OC(C)CC)C(=O)C(C)(C(C)CC)O1. The predicted octanol–water partition coefficient (Wildman–Crippen LogP) is 3.83. The highest BCUT2D eigenvalue weighted by Gasteiger charge is 2.49. The van der Waals surface area contributed by atoms with E-state index in [0.29, 0.717) is 17.9 Å². The molecule has 0 radical (unpaired) electrons. The summed E-state index contributed by atoms with van der Waals surface area (Å²) in [4.78, 5) is 12.5. The molecule has 0 N–H and O–H groups in total. The van der Waals surface area contributed by atoms with Crippen LogP contribution in [-0.2, 0) is 14.3 Å². The maximum Gasteiger partial charge on any atom is 0.244 e. The van der Waals surface area contributed by atoms with Crippen LogP contribution in [0, 0.1) is 5.92 Å². The zero-order valence-electron chi connectivity index (χ0n) is 12.5. The Bertz CT molecular complexity index is 346. The topological polar surface area (TPSA) is 35.5 Å². The monoisotopic (exact) mass is 254 g/mol. The van der Waals surface area contributed by atoms with Crippen LogP contribution in [0.3, 0.4) is 0 Å². The molecule has 0 saturated heterocycles. The van der Waals surface area contributed by atoms with Crippen LogP contribution in [0.4, 0.5) is 0 Å². The summed E-state index contributed by atoms with van der Waals surface area (Å²) >= 11 is 0. The van der Waals surface area contributed by atoms with Crippen molar-refractivity contribution in [3.63, 3.8) is 0 Å². The van der Waals surface area contributed by atoms with Crippen LogP contribution in [0.15, 0.2) is 11.5 Å². The van der Waals surface area contributed by atoms with E-state index in [1.165, 1.54) is 0 Å². The molecule has 3 atom stereocenters. The Morgan fingerprint density at radius 2 is 1.83 bits per heavy atom. The molecule has 0 saturated carbocycles. The Morgan fingerprint density at radius 1 is 1.22 bits per heavy atom. The van der Waals surface area contributed by atoms with Crippen LogP contribution < -0.4 is 0 Å².